The zero-order chi connectivity index (χ0) is 39.3. The summed E-state index contributed by atoms with van der Waals surface area (Å²) in [6.45, 7) is -0.212. The second kappa shape index (κ2) is 14.5. The fourth-order valence-electron chi connectivity index (χ4n) is 10.00. The number of ether oxygens (including phenoxy) is 1. The molecule has 5 aromatic carbocycles. The smallest absolute Gasteiger partial charge is 0.238 e. The first kappa shape index (κ1) is 36.1. The molecule has 0 spiro atoms. The minimum atomic E-state index is -1.41. The number of imide groups is 1. The monoisotopic (exact) mass is 753 g/mol. The number of ketones is 3. The van der Waals surface area contributed by atoms with Crippen molar-refractivity contribution in [2.45, 2.75) is 24.2 Å². The number of amides is 2. The molecule has 57 heavy (non-hydrogen) atoms. The van der Waals surface area contributed by atoms with Gasteiger partial charge in [-0.05, 0) is 66.3 Å². The summed E-state index contributed by atoms with van der Waals surface area (Å²) in [7, 11) is 0. The lowest BCUT2D eigenvalue weighted by Gasteiger charge is -2.55. The largest absolute Gasteiger partial charge is 0.491 e. The van der Waals surface area contributed by atoms with Crippen molar-refractivity contribution in [3.63, 3.8) is 0 Å². The van der Waals surface area contributed by atoms with E-state index in [1.54, 1.807) is 54.6 Å². The number of allylic oxidation sites excluding steroid dienone is 4. The van der Waals surface area contributed by atoms with Gasteiger partial charge in [-0.15, -0.1) is 0 Å². The maximum Gasteiger partial charge on any atom is 0.238 e. The van der Waals surface area contributed by atoms with Crippen molar-refractivity contribution in [3.8, 4) is 5.75 Å². The molecule has 2 fully saturated rings. The molecule has 9 rings (SSSR count). The van der Waals surface area contributed by atoms with Gasteiger partial charge in [-0.25, -0.2) is 0 Å². The Morgan fingerprint density at radius 2 is 1.35 bits per heavy atom. The van der Waals surface area contributed by atoms with E-state index in [0.29, 0.717) is 44.8 Å². The van der Waals surface area contributed by atoms with Crippen LogP contribution in [0.5, 0.6) is 5.75 Å². The third kappa shape index (κ3) is 5.74. The number of carbonyl (C=O) groups excluding carboxylic acids is 5. The third-order valence-corrected chi connectivity index (χ3v) is 12.4. The molecule has 0 radical (unpaired) electrons. The van der Waals surface area contributed by atoms with E-state index in [1.807, 2.05) is 91.0 Å². The first-order valence-electron chi connectivity index (χ1n) is 19.4. The molecule has 5 aromatic rings. The van der Waals surface area contributed by atoms with Crippen LogP contribution in [0.3, 0.4) is 0 Å². The standard InChI is InChI=1S/C49H39NO7/c51-26-27-57-41-19-11-10-18-36(41)44-35-24-25-37-43(48(56)50(47(37)55)34-22-20-32(21-23-34)45(53)31-14-6-2-7-15-31)39(35)28-40-46(54)38(30-12-4-1-5-13-30)29-42(52)49(40,44)33-16-8-3-9-17-33/h1-24,29,37,39-40,43-44,51H,25-28H2. The van der Waals surface area contributed by atoms with E-state index in [0.717, 1.165) is 5.57 Å². The number of rotatable bonds is 9. The molecule has 282 valence electrons. The van der Waals surface area contributed by atoms with Gasteiger partial charge in [0.05, 0.1) is 29.5 Å². The van der Waals surface area contributed by atoms with Crippen LogP contribution in [0.4, 0.5) is 5.69 Å². The van der Waals surface area contributed by atoms with Crippen molar-refractivity contribution in [1.29, 1.82) is 0 Å². The van der Waals surface area contributed by atoms with Crippen LogP contribution >= 0.6 is 0 Å². The van der Waals surface area contributed by atoms with E-state index in [1.165, 1.54) is 11.0 Å². The molecule has 6 unspecified atom stereocenters. The van der Waals surface area contributed by atoms with Crippen LogP contribution in [0, 0.1) is 23.7 Å². The normalized spacial score (nSPS) is 25.2. The predicted molar refractivity (Wildman–Crippen MR) is 214 cm³/mol. The number of aliphatic hydroxyl groups is 1. The van der Waals surface area contributed by atoms with Crippen molar-refractivity contribution in [2.75, 3.05) is 18.1 Å². The Labute approximate surface area is 330 Å². The molecule has 0 bridgehead atoms. The van der Waals surface area contributed by atoms with Gasteiger partial charge in [-0.1, -0.05) is 121 Å². The highest BCUT2D eigenvalue weighted by Gasteiger charge is 2.66. The Bertz CT molecular complexity index is 2470. The molecular formula is C49H39NO7. The van der Waals surface area contributed by atoms with E-state index in [9.17, 15) is 19.5 Å². The SMILES string of the molecule is O=C(c1ccccc1)c1ccc(N2C(=O)C3CC=C4C(CC5C(=O)C(c6ccccc6)=CC(=O)C5(c5ccccc5)C4c4ccccc4OCCO)C3C2=O)cc1. The Morgan fingerprint density at radius 1 is 0.719 bits per heavy atom. The Morgan fingerprint density at radius 3 is 2.05 bits per heavy atom. The van der Waals surface area contributed by atoms with Gasteiger partial charge in [0.2, 0.25) is 11.8 Å². The van der Waals surface area contributed by atoms with Gasteiger partial charge < -0.3 is 9.84 Å². The zero-order valence-electron chi connectivity index (χ0n) is 31.0. The summed E-state index contributed by atoms with van der Waals surface area (Å²) in [5, 5.41) is 9.78. The fraction of sp³-hybridized carbons (Fsp3) is 0.204. The van der Waals surface area contributed by atoms with E-state index in [-0.39, 0.29) is 55.2 Å². The number of benzene rings is 5. The molecule has 1 heterocycles. The summed E-state index contributed by atoms with van der Waals surface area (Å²) in [5.41, 5.74) is 3.06. The second-order valence-corrected chi connectivity index (χ2v) is 15.2. The van der Waals surface area contributed by atoms with Gasteiger partial charge >= 0.3 is 0 Å². The lowest BCUT2D eigenvalue weighted by Crippen LogP contribution is -2.58. The number of anilines is 1. The minimum absolute atomic E-state index is 0.0152. The maximum atomic E-state index is 15.3. The summed E-state index contributed by atoms with van der Waals surface area (Å²) in [5.74, 6) is -4.50. The first-order chi connectivity index (χ1) is 27.8. The highest BCUT2D eigenvalue weighted by atomic mass is 16.5. The van der Waals surface area contributed by atoms with Gasteiger partial charge in [0, 0.05) is 34.1 Å². The van der Waals surface area contributed by atoms with Crippen molar-refractivity contribution in [2.24, 2.45) is 23.7 Å². The molecular weight excluding hydrogens is 715 g/mol. The highest BCUT2D eigenvalue weighted by Crippen LogP contribution is 2.64. The Kier molecular flexibility index (Phi) is 9.21. The van der Waals surface area contributed by atoms with Crippen molar-refractivity contribution in [1.82, 2.24) is 0 Å². The summed E-state index contributed by atoms with van der Waals surface area (Å²) >= 11 is 0. The van der Waals surface area contributed by atoms with Gasteiger partial charge in [0.1, 0.15) is 12.4 Å². The molecule has 0 aromatic heterocycles. The summed E-state index contributed by atoms with van der Waals surface area (Å²) in [6.07, 6.45) is 3.95. The van der Waals surface area contributed by atoms with Crippen molar-refractivity contribution >= 4 is 40.4 Å². The Balaban J connectivity index is 1.18. The average molecular weight is 754 g/mol. The third-order valence-electron chi connectivity index (χ3n) is 12.4. The van der Waals surface area contributed by atoms with E-state index < -0.39 is 35.0 Å². The molecule has 8 nitrogen and oxygen atoms in total. The highest BCUT2D eigenvalue weighted by molar-refractivity contribution is 6.32. The first-order valence-corrected chi connectivity index (χ1v) is 19.4. The molecule has 4 aliphatic rings. The topological polar surface area (TPSA) is 118 Å². The van der Waals surface area contributed by atoms with Crippen LogP contribution in [0.2, 0.25) is 0 Å². The van der Waals surface area contributed by atoms with Gasteiger partial charge in [0.15, 0.2) is 17.3 Å². The van der Waals surface area contributed by atoms with Gasteiger partial charge in [-0.2, -0.15) is 0 Å². The fourth-order valence-corrected chi connectivity index (χ4v) is 10.00. The summed E-state index contributed by atoms with van der Waals surface area (Å²) < 4.78 is 6.14. The zero-order valence-corrected chi connectivity index (χ0v) is 31.0. The number of nitrogens with zero attached hydrogens (tertiary/aromatic N) is 1. The van der Waals surface area contributed by atoms with E-state index in [4.69, 9.17) is 4.74 Å². The van der Waals surface area contributed by atoms with Crippen LogP contribution in [-0.2, 0) is 24.6 Å². The summed E-state index contributed by atoms with van der Waals surface area (Å²) in [4.78, 5) is 74.1. The minimum Gasteiger partial charge on any atom is -0.491 e. The number of carbonyl (C=O) groups is 5. The molecule has 2 amide bonds. The number of fused-ring (bicyclic) bond motifs is 4. The average Bonchev–Trinajstić information content (AvgIpc) is 3.52. The number of hydrogen-bond acceptors (Lipinski definition) is 7. The molecule has 6 atom stereocenters. The van der Waals surface area contributed by atoms with Gasteiger partial charge in [-0.3, -0.25) is 28.9 Å². The molecule has 1 saturated carbocycles. The van der Waals surface area contributed by atoms with Crippen LogP contribution in [-0.4, -0.2) is 47.5 Å². The molecule has 1 N–H and O–H groups in total. The molecule has 1 saturated heterocycles. The quantitative estimate of drug-likeness (QED) is 0.0953. The maximum absolute atomic E-state index is 15.3. The van der Waals surface area contributed by atoms with Crippen LogP contribution in [0.25, 0.3) is 5.57 Å². The number of Topliss-reactive ketones (excluding diaryl/α,β-unsaturated/α-hetero) is 1. The number of aliphatic hydroxyl groups excluding tert-OH is 1. The van der Waals surface area contributed by atoms with Gasteiger partial charge in [0.25, 0.3) is 0 Å². The van der Waals surface area contributed by atoms with E-state index >= 15 is 9.59 Å². The predicted octanol–water partition coefficient (Wildman–Crippen LogP) is 7.32. The van der Waals surface area contributed by atoms with Crippen LogP contribution in [0.15, 0.2) is 157 Å². The number of hydrogen-bond donors (Lipinski definition) is 1. The van der Waals surface area contributed by atoms with Crippen LogP contribution in [0.1, 0.15) is 51.4 Å². The second-order valence-electron chi connectivity index (χ2n) is 15.2. The van der Waals surface area contributed by atoms with Crippen molar-refractivity contribution in [3.05, 3.63) is 185 Å². The Hall–Kier alpha value is -6.51. The van der Waals surface area contributed by atoms with Crippen LogP contribution < -0.4 is 9.64 Å². The van der Waals surface area contributed by atoms with Crippen molar-refractivity contribution < 1.29 is 33.8 Å². The lowest BCUT2D eigenvalue weighted by atomic mass is 9.44. The summed E-state index contributed by atoms with van der Waals surface area (Å²) in [6, 6.07) is 41.4. The molecule has 3 aliphatic carbocycles. The molecule has 8 heteroatoms. The molecule has 1 aliphatic heterocycles. The van der Waals surface area contributed by atoms with E-state index in [2.05, 4.69) is 0 Å². The number of para-hydroxylation sites is 1. The lowest BCUT2D eigenvalue weighted by molar-refractivity contribution is -0.135.